The van der Waals surface area contributed by atoms with Crippen molar-refractivity contribution in [3.8, 4) is 0 Å². The molecule has 0 radical (unpaired) electrons. The molecule has 2 aromatic rings. The monoisotopic (exact) mass is 322 g/mol. The Balaban J connectivity index is 1.64. The number of amides is 1. The molecule has 2 aromatic carbocycles. The van der Waals surface area contributed by atoms with Gasteiger partial charge in [0, 0.05) is 18.3 Å². The van der Waals surface area contributed by atoms with E-state index >= 15 is 0 Å². The van der Waals surface area contributed by atoms with Crippen molar-refractivity contribution in [2.75, 3.05) is 18.4 Å². The first-order chi connectivity index (χ1) is 11.6. The molecule has 0 aromatic heterocycles. The van der Waals surface area contributed by atoms with Crippen LogP contribution in [0.5, 0.6) is 0 Å². The molecular weight excluding hydrogens is 296 g/mol. The van der Waals surface area contributed by atoms with Crippen LogP contribution in [0.2, 0.25) is 0 Å². The first kappa shape index (κ1) is 16.7. The SMILES string of the molecule is Cc1ccc(NC(=O)CN(CC2CC2)C(C)c2ccccc2)cc1. The van der Waals surface area contributed by atoms with Crippen molar-refractivity contribution in [1.82, 2.24) is 4.90 Å². The summed E-state index contributed by atoms with van der Waals surface area (Å²) in [7, 11) is 0. The van der Waals surface area contributed by atoms with Gasteiger partial charge in [0.05, 0.1) is 6.54 Å². The molecule has 1 unspecified atom stereocenters. The lowest BCUT2D eigenvalue weighted by Crippen LogP contribution is -2.36. The van der Waals surface area contributed by atoms with Crippen molar-refractivity contribution >= 4 is 11.6 Å². The predicted molar refractivity (Wildman–Crippen MR) is 99.0 cm³/mol. The number of nitrogens with one attached hydrogen (secondary N) is 1. The molecule has 3 heteroatoms. The zero-order valence-electron chi connectivity index (χ0n) is 14.5. The third-order valence-electron chi connectivity index (χ3n) is 4.70. The second-order valence-electron chi connectivity index (χ2n) is 6.87. The third-order valence-corrected chi connectivity index (χ3v) is 4.70. The summed E-state index contributed by atoms with van der Waals surface area (Å²) in [4.78, 5) is 14.8. The normalized spacial score (nSPS) is 15.3. The van der Waals surface area contributed by atoms with Gasteiger partial charge >= 0.3 is 0 Å². The number of aryl methyl sites for hydroxylation is 1. The molecular formula is C21H26N2O. The maximum Gasteiger partial charge on any atom is 0.238 e. The number of carbonyl (C=O) groups is 1. The Bertz CT molecular complexity index is 662. The number of hydrogen-bond acceptors (Lipinski definition) is 2. The van der Waals surface area contributed by atoms with E-state index in [9.17, 15) is 4.79 Å². The van der Waals surface area contributed by atoms with Gasteiger partial charge in [-0.3, -0.25) is 9.69 Å². The van der Waals surface area contributed by atoms with Gasteiger partial charge in [-0.15, -0.1) is 0 Å². The van der Waals surface area contributed by atoms with Crippen molar-refractivity contribution in [2.24, 2.45) is 5.92 Å². The van der Waals surface area contributed by atoms with Gasteiger partial charge in [-0.25, -0.2) is 0 Å². The minimum absolute atomic E-state index is 0.0577. The highest BCUT2D eigenvalue weighted by Crippen LogP contribution is 2.32. The molecule has 1 aliphatic rings. The first-order valence-electron chi connectivity index (χ1n) is 8.77. The highest BCUT2D eigenvalue weighted by atomic mass is 16.2. The Morgan fingerprint density at radius 2 is 1.79 bits per heavy atom. The summed E-state index contributed by atoms with van der Waals surface area (Å²) in [5.41, 5.74) is 3.33. The van der Waals surface area contributed by atoms with Crippen LogP contribution in [0.1, 0.15) is 36.9 Å². The van der Waals surface area contributed by atoms with E-state index in [0.29, 0.717) is 6.54 Å². The summed E-state index contributed by atoms with van der Waals surface area (Å²) in [5, 5.41) is 3.02. The summed E-state index contributed by atoms with van der Waals surface area (Å²) >= 11 is 0. The van der Waals surface area contributed by atoms with E-state index in [2.05, 4.69) is 41.4 Å². The molecule has 1 N–H and O–H groups in total. The molecule has 0 spiro atoms. The molecule has 1 aliphatic carbocycles. The summed E-state index contributed by atoms with van der Waals surface area (Å²) in [6.45, 7) is 5.67. The Morgan fingerprint density at radius 3 is 2.42 bits per heavy atom. The summed E-state index contributed by atoms with van der Waals surface area (Å²) in [5.74, 6) is 0.811. The minimum Gasteiger partial charge on any atom is -0.325 e. The Kier molecular flexibility index (Phi) is 5.31. The molecule has 0 saturated heterocycles. The highest BCUT2D eigenvalue weighted by molar-refractivity contribution is 5.92. The first-order valence-corrected chi connectivity index (χ1v) is 8.77. The van der Waals surface area contributed by atoms with E-state index in [1.165, 1.54) is 24.0 Å². The van der Waals surface area contributed by atoms with Crippen LogP contribution in [0.4, 0.5) is 5.69 Å². The molecule has 1 amide bonds. The maximum absolute atomic E-state index is 12.5. The van der Waals surface area contributed by atoms with Crippen LogP contribution >= 0.6 is 0 Å². The topological polar surface area (TPSA) is 32.3 Å². The Hall–Kier alpha value is -2.13. The third kappa shape index (κ3) is 4.68. The van der Waals surface area contributed by atoms with E-state index in [0.717, 1.165) is 18.2 Å². The van der Waals surface area contributed by atoms with Crippen molar-refractivity contribution in [2.45, 2.75) is 32.7 Å². The van der Waals surface area contributed by atoms with Crippen LogP contribution in [0.15, 0.2) is 54.6 Å². The van der Waals surface area contributed by atoms with Gasteiger partial charge in [-0.05, 0) is 50.3 Å². The molecule has 1 atom stereocenters. The van der Waals surface area contributed by atoms with Crippen LogP contribution in [0, 0.1) is 12.8 Å². The lowest BCUT2D eigenvalue weighted by molar-refractivity contribution is -0.117. The van der Waals surface area contributed by atoms with E-state index < -0.39 is 0 Å². The van der Waals surface area contributed by atoms with Crippen molar-refractivity contribution < 1.29 is 4.79 Å². The largest absolute Gasteiger partial charge is 0.325 e. The fourth-order valence-corrected chi connectivity index (χ4v) is 2.96. The van der Waals surface area contributed by atoms with Crippen LogP contribution in [0.3, 0.4) is 0 Å². The number of hydrogen-bond donors (Lipinski definition) is 1. The van der Waals surface area contributed by atoms with Gasteiger partial charge in [0.15, 0.2) is 0 Å². The van der Waals surface area contributed by atoms with Crippen LogP contribution in [-0.4, -0.2) is 23.9 Å². The average molecular weight is 322 g/mol. The van der Waals surface area contributed by atoms with Crippen LogP contribution in [0.25, 0.3) is 0 Å². The lowest BCUT2D eigenvalue weighted by atomic mass is 10.1. The smallest absolute Gasteiger partial charge is 0.238 e. The van der Waals surface area contributed by atoms with E-state index in [1.807, 2.05) is 37.3 Å². The molecule has 0 heterocycles. The molecule has 1 fully saturated rings. The quantitative estimate of drug-likeness (QED) is 0.819. The zero-order valence-corrected chi connectivity index (χ0v) is 14.5. The molecule has 0 aliphatic heterocycles. The fraction of sp³-hybridized carbons (Fsp3) is 0.381. The number of benzene rings is 2. The Morgan fingerprint density at radius 1 is 1.12 bits per heavy atom. The second-order valence-corrected chi connectivity index (χ2v) is 6.87. The van der Waals surface area contributed by atoms with E-state index in [1.54, 1.807) is 0 Å². The van der Waals surface area contributed by atoms with Gasteiger partial charge in [0.25, 0.3) is 0 Å². The fourth-order valence-electron chi connectivity index (χ4n) is 2.96. The number of nitrogens with zero attached hydrogens (tertiary/aromatic N) is 1. The van der Waals surface area contributed by atoms with E-state index in [4.69, 9.17) is 0 Å². The van der Waals surface area contributed by atoms with Crippen molar-refractivity contribution in [3.63, 3.8) is 0 Å². The van der Waals surface area contributed by atoms with Crippen LogP contribution in [-0.2, 0) is 4.79 Å². The van der Waals surface area contributed by atoms with Gasteiger partial charge in [0.1, 0.15) is 0 Å². The molecule has 3 nitrogen and oxygen atoms in total. The average Bonchev–Trinajstić information content (AvgIpc) is 3.40. The van der Waals surface area contributed by atoms with Crippen molar-refractivity contribution in [3.05, 3.63) is 65.7 Å². The number of anilines is 1. The van der Waals surface area contributed by atoms with Gasteiger partial charge < -0.3 is 5.32 Å². The molecule has 126 valence electrons. The van der Waals surface area contributed by atoms with Crippen LogP contribution < -0.4 is 5.32 Å². The number of rotatable bonds is 7. The van der Waals surface area contributed by atoms with Gasteiger partial charge in [-0.2, -0.15) is 0 Å². The van der Waals surface area contributed by atoms with Gasteiger partial charge in [0.2, 0.25) is 5.91 Å². The maximum atomic E-state index is 12.5. The molecule has 24 heavy (non-hydrogen) atoms. The number of carbonyl (C=O) groups excluding carboxylic acids is 1. The van der Waals surface area contributed by atoms with E-state index in [-0.39, 0.29) is 11.9 Å². The minimum atomic E-state index is 0.0577. The highest BCUT2D eigenvalue weighted by Gasteiger charge is 2.28. The van der Waals surface area contributed by atoms with Gasteiger partial charge in [-0.1, -0.05) is 48.0 Å². The van der Waals surface area contributed by atoms with Crippen molar-refractivity contribution in [1.29, 1.82) is 0 Å². The summed E-state index contributed by atoms with van der Waals surface area (Å²) < 4.78 is 0. The summed E-state index contributed by atoms with van der Waals surface area (Å²) in [6.07, 6.45) is 2.58. The Labute approximate surface area is 144 Å². The molecule has 3 rings (SSSR count). The molecule has 0 bridgehead atoms. The lowest BCUT2D eigenvalue weighted by Gasteiger charge is -2.29. The molecule has 1 saturated carbocycles. The zero-order chi connectivity index (χ0) is 16.9. The summed E-state index contributed by atoms with van der Waals surface area (Å²) in [6, 6.07) is 18.6. The predicted octanol–water partition coefficient (Wildman–Crippen LogP) is 4.41. The second kappa shape index (κ2) is 7.63. The standard InChI is InChI=1S/C21H26N2O/c1-16-8-12-20(13-9-16)22-21(24)15-23(14-18-10-11-18)17(2)19-6-4-3-5-7-19/h3-9,12-13,17-18H,10-11,14-15H2,1-2H3,(H,22,24).